The highest BCUT2D eigenvalue weighted by molar-refractivity contribution is 8.26. The minimum atomic E-state index is -1.67. The number of cyclic esters (lactones) is 2. The van der Waals surface area contributed by atoms with Crippen LogP contribution < -0.4 is 0 Å². The molecule has 3 aliphatic heterocycles. The van der Waals surface area contributed by atoms with Crippen molar-refractivity contribution in [3.05, 3.63) is 354 Å². The maximum atomic E-state index is 13.3. The maximum Gasteiger partial charge on any atom is 0.364 e. The average Bonchev–Trinajstić information content (AvgIpc) is 1.64. The van der Waals surface area contributed by atoms with E-state index in [1.165, 1.54) is 315 Å². The summed E-state index contributed by atoms with van der Waals surface area (Å²) in [7, 11) is 7.36. The summed E-state index contributed by atoms with van der Waals surface area (Å²) in [5, 5.41) is 18.2. The Labute approximate surface area is 862 Å². The fourth-order valence-electron chi connectivity index (χ4n) is 17.0. The summed E-state index contributed by atoms with van der Waals surface area (Å²) in [6.45, 7) is 9.04. The maximum absolute atomic E-state index is 13.3. The number of aromatic carboxylic acids is 1. The number of hydrogen-bond donors (Lipinski definition) is 2. The molecule has 0 spiro atoms. The van der Waals surface area contributed by atoms with Gasteiger partial charge in [-0.3, -0.25) is 43.6 Å². The molecule has 0 fully saturated rings. The van der Waals surface area contributed by atoms with Gasteiger partial charge in [-0.2, -0.15) is 0 Å². The van der Waals surface area contributed by atoms with Gasteiger partial charge in [0, 0.05) is 60.3 Å². The molecule has 762 valence electrons. The van der Waals surface area contributed by atoms with Crippen molar-refractivity contribution in [2.24, 2.45) is 0 Å². The standard InChI is InChI=1S/C34H37NO5.C26H33ClO2.C26H34O3.C18H30.C8H5NO3.C8H4O3.Cl2OS/c1-2-3-4-5-6-7-8-9-10-11-16-25-21-23-26(24-22-25)31(36)27-17-12-15-20-30(27)34(39)40-35-32(37)28-18-13-14-19-29(28)33(35)38;1-2-3-4-5-6-7-8-9-10-11-14-21-17-19-22(20-18-21)25(28)23-15-12-13-16-24(23)26(27)29;1-2-3-4-5-6-7-8-9-10-11-14-21-17-19-22(20-18-21)25(27)23-15-12-13-16-24(23)26(28)29;1-2-3-4-5-6-7-8-9-10-12-15-18-16-13-11-14-17-18;10-7-5-3-1-2-4-6(5)8(11)9(7)12;9-7-5-3-1-2-4-6(5)8(10)11-7;1-4(2)3/h12-15,17-24H,2-11,16H2,1H3;12-13,15-20H,2-11,14H2,1H3;12-13,15-20H,2-11,14H2,1H3,(H,28,29);11,13-14,16-17H,2-10,12,15H2,1H3;1-4,12H;1-4H;. The second-order valence-electron chi connectivity index (χ2n) is 36.2. The molecule has 0 unspecified atom stereocenters. The van der Waals surface area contributed by atoms with Gasteiger partial charge in [-0.15, -0.1) is 5.06 Å². The van der Waals surface area contributed by atoms with Crippen LogP contribution in [0.3, 0.4) is 0 Å². The lowest BCUT2D eigenvalue weighted by molar-refractivity contribution is -0.0584. The molecule has 0 saturated heterocycles. The third-order valence-electron chi connectivity index (χ3n) is 25.2. The van der Waals surface area contributed by atoms with Crippen molar-refractivity contribution >= 4 is 112 Å². The van der Waals surface area contributed by atoms with Gasteiger partial charge in [0.2, 0.25) is 9.23 Å². The normalized spacial score (nSPS) is 11.9. The largest absolute Gasteiger partial charge is 0.478 e. The molecule has 19 nitrogen and oxygen atoms in total. The van der Waals surface area contributed by atoms with E-state index in [1.807, 2.05) is 60.7 Å². The van der Waals surface area contributed by atoms with E-state index < -0.39 is 62.0 Å². The minimum Gasteiger partial charge on any atom is -0.478 e. The molecule has 0 aromatic heterocycles. The summed E-state index contributed by atoms with van der Waals surface area (Å²) in [6.07, 6.45) is 58.0. The molecule has 0 saturated carbocycles. The van der Waals surface area contributed by atoms with E-state index in [1.54, 1.807) is 121 Å². The van der Waals surface area contributed by atoms with Crippen molar-refractivity contribution in [3.63, 3.8) is 0 Å². The molecular weight excluding hydrogens is 1880 g/mol. The molecule has 2 N–H and O–H groups in total. The predicted molar refractivity (Wildman–Crippen MR) is 572 cm³/mol. The van der Waals surface area contributed by atoms with Crippen molar-refractivity contribution in [2.45, 2.75) is 310 Å². The van der Waals surface area contributed by atoms with Crippen LogP contribution in [0, 0.1) is 0 Å². The van der Waals surface area contributed by atoms with Gasteiger partial charge in [0.25, 0.3) is 28.9 Å². The van der Waals surface area contributed by atoms with Crippen LogP contribution in [-0.2, 0) is 44.5 Å². The van der Waals surface area contributed by atoms with Crippen molar-refractivity contribution < 1.29 is 81.6 Å². The molecule has 10 aromatic carbocycles. The summed E-state index contributed by atoms with van der Waals surface area (Å²) in [5.74, 6) is -6.61. The summed E-state index contributed by atoms with van der Waals surface area (Å²) >= 11 is 5.60. The van der Waals surface area contributed by atoms with E-state index in [-0.39, 0.29) is 72.5 Å². The summed E-state index contributed by atoms with van der Waals surface area (Å²) in [5.41, 5.74) is 9.32. The molecule has 0 atom stereocenters. The zero-order valence-corrected chi connectivity index (χ0v) is 86.8. The number of carboxylic acids is 1. The molecule has 13 rings (SSSR count). The molecule has 3 heterocycles. The summed E-state index contributed by atoms with van der Waals surface area (Å²) < 4.78 is 13.4. The van der Waals surface area contributed by atoms with Gasteiger partial charge in [-0.25, -0.2) is 23.4 Å². The number of aryl methyl sites for hydroxylation is 4. The van der Waals surface area contributed by atoms with E-state index in [2.05, 4.69) is 84.1 Å². The summed E-state index contributed by atoms with van der Waals surface area (Å²) in [4.78, 5) is 149. The van der Waals surface area contributed by atoms with Gasteiger partial charge in [-0.05, 0) is 140 Å². The number of unbranched alkanes of at least 4 members (excludes halogenated alkanes) is 36. The number of imide groups is 2. The van der Waals surface area contributed by atoms with Gasteiger partial charge >= 0.3 is 23.9 Å². The number of rotatable bonds is 54. The number of halogens is 3. The molecule has 0 bridgehead atoms. The monoisotopic (exact) mass is 2020 g/mol. The number of ether oxygens (including phenoxy) is 1. The molecule has 3 aliphatic rings. The number of carboxylic acid groups (broad SMARTS) is 1. The van der Waals surface area contributed by atoms with Gasteiger partial charge in [0.1, 0.15) is 0 Å². The zero-order valence-electron chi connectivity index (χ0n) is 83.7. The first-order valence-corrected chi connectivity index (χ1v) is 54.7. The first-order valence-electron chi connectivity index (χ1n) is 51.6. The number of amides is 4. The second-order valence-corrected chi connectivity index (χ2v) is 39.1. The fourth-order valence-corrected chi connectivity index (χ4v) is 17.2. The Balaban J connectivity index is 0.000000242. The zero-order chi connectivity index (χ0) is 103. The number of benzene rings is 10. The minimum absolute atomic E-state index is 0.0153. The third-order valence-corrected chi connectivity index (χ3v) is 25.4. The molecular formula is C120H143Cl3N2O17S. The highest BCUT2D eigenvalue weighted by Gasteiger charge is 2.40. The Hall–Kier alpha value is -11.8. The number of carbonyl (C=O) groups is 12. The van der Waals surface area contributed by atoms with Gasteiger partial charge < -0.3 is 14.7 Å². The van der Waals surface area contributed by atoms with Gasteiger partial charge in [-0.1, -0.05) is 458 Å². The molecule has 0 radical (unpaired) electrons. The lowest BCUT2D eigenvalue weighted by atomic mass is 9.96. The number of esters is 2. The van der Waals surface area contributed by atoms with Gasteiger partial charge in [0.15, 0.2) is 17.3 Å². The van der Waals surface area contributed by atoms with Crippen LogP contribution in [-0.4, -0.2) is 94.7 Å². The average molecular weight is 2020 g/mol. The smallest absolute Gasteiger partial charge is 0.364 e. The lowest BCUT2D eigenvalue weighted by Crippen LogP contribution is -2.33. The highest BCUT2D eigenvalue weighted by atomic mass is 36.0. The first-order chi connectivity index (χ1) is 69.4. The van der Waals surface area contributed by atoms with E-state index in [0.29, 0.717) is 38.4 Å². The van der Waals surface area contributed by atoms with E-state index in [9.17, 15) is 62.6 Å². The Morgan fingerprint density at radius 1 is 0.280 bits per heavy atom. The van der Waals surface area contributed by atoms with Gasteiger partial charge in [0.05, 0.1) is 44.5 Å². The number of fused-ring (bicyclic) bond motifs is 3. The molecule has 4 amide bonds. The van der Waals surface area contributed by atoms with Crippen molar-refractivity contribution in [1.29, 1.82) is 0 Å². The quantitative estimate of drug-likeness (QED) is 0.00681. The number of hydroxylamine groups is 4. The van der Waals surface area contributed by atoms with Crippen molar-refractivity contribution in [2.75, 3.05) is 0 Å². The second kappa shape index (κ2) is 69.2. The molecule has 143 heavy (non-hydrogen) atoms. The van der Waals surface area contributed by atoms with Crippen LogP contribution in [0.4, 0.5) is 0 Å². The van der Waals surface area contributed by atoms with E-state index in [4.69, 9.17) is 25.9 Å². The van der Waals surface area contributed by atoms with Crippen molar-refractivity contribution in [3.8, 4) is 0 Å². The van der Waals surface area contributed by atoms with Crippen molar-refractivity contribution in [1.82, 2.24) is 10.1 Å². The lowest BCUT2D eigenvalue weighted by Gasteiger charge is -2.14. The van der Waals surface area contributed by atoms with Crippen LogP contribution in [0.1, 0.15) is 448 Å². The Bertz CT molecular complexity index is 5410. The van der Waals surface area contributed by atoms with Crippen LogP contribution in [0.2, 0.25) is 0 Å². The number of hydrogen-bond acceptors (Lipinski definition) is 16. The number of nitrogens with zero attached hydrogens (tertiary/aromatic N) is 2. The topological polar surface area (TPSA) is 287 Å². The summed E-state index contributed by atoms with van der Waals surface area (Å²) in [6, 6.07) is 72.1. The van der Waals surface area contributed by atoms with E-state index in [0.717, 1.165) is 25.7 Å². The Morgan fingerprint density at radius 2 is 0.497 bits per heavy atom. The van der Waals surface area contributed by atoms with Crippen LogP contribution >= 0.6 is 33.0 Å². The fraction of sp³-hybridized carbons (Fsp3) is 0.400. The third kappa shape index (κ3) is 42.6. The molecule has 23 heteroatoms. The van der Waals surface area contributed by atoms with E-state index >= 15 is 0 Å². The number of ketones is 3. The van der Waals surface area contributed by atoms with Crippen LogP contribution in [0.25, 0.3) is 0 Å². The Morgan fingerprint density at radius 3 is 0.776 bits per heavy atom. The number of carbonyl (C=O) groups excluding carboxylic acids is 11. The SMILES string of the molecule is CCCCCCCCCCCCc1ccc(C(=O)c2ccccc2C(=O)Cl)cc1.CCCCCCCCCCCCc1ccc(C(=O)c2ccccc2C(=O)O)cc1.CCCCCCCCCCCCc1ccc(C(=O)c2ccccc2C(=O)ON2C(=O)c3ccccc3C2=O)cc1.CCCCCCCCCCCCc1ccccc1.O=C1OC(=O)c2ccccc21.O=C1c2ccccc2C(=O)N1O.O=S(Cl)Cl. The van der Waals surface area contributed by atoms with Crippen LogP contribution in [0.5, 0.6) is 0 Å². The molecule has 0 aliphatic carbocycles. The first kappa shape index (κ1) is 118. The van der Waals surface area contributed by atoms with Crippen LogP contribution in [0.15, 0.2) is 249 Å². The predicted octanol–water partition coefficient (Wildman–Crippen LogP) is 31.4. The molecule has 10 aromatic rings. The highest BCUT2D eigenvalue weighted by Crippen LogP contribution is 2.29. The Kier molecular flexibility index (Phi) is 57.2.